The zero-order chi connectivity index (χ0) is 17.3. The SMILES string of the molecule is CCc1c(-c2nc(C3(N)CCCC3)no2)cnn1Cc1ccccc1. The molecule has 1 aliphatic carbocycles. The molecule has 0 bridgehead atoms. The zero-order valence-corrected chi connectivity index (χ0v) is 14.5. The summed E-state index contributed by atoms with van der Waals surface area (Å²) in [5, 5.41) is 8.71. The van der Waals surface area contributed by atoms with Gasteiger partial charge in [-0.3, -0.25) is 4.68 Å². The van der Waals surface area contributed by atoms with Crippen molar-refractivity contribution in [3.8, 4) is 11.5 Å². The van der Waals surface area contributed by atoms with Gasteiger partial charge in [-0.15, -0.1) is 0 Å². The van der Waals surface area contributed by atoms with Crippen molar-refractivity contribution in [3.05, 3.63) is 53.6 Å². The fourth-order valence-corrected chi connectivity index (χ4v) is 3.62. The first-order chi connectivity index (χ1) is 12.2. The summed E-state index contributed by atoms with van der Waals surface area (Å²) in [5.74, 6) is 1.14. The van der Waals surface area contributed by atoms with E-state index in [1.54, 1.807) is 0 Å². The maximum absolute atomic E-state index is 6.44. The zero-order valence-electron chi connectivity index (χ0n) is 14.5. The largest absolute Gasteiger partial charge is 0.334 e. The first-order valence-electron chi connectivity index (χ1n) is 8.91. The van der Waals surface area contributed by atoms with Crippen LogP contribution >= 0.6 is 0 Å². The van der Waals surface area contributed by atoms with Crippen molar-refractivity contribution >= 4 is 0 Å². The van der Waals surface area contributed by atoms with E-state index in [0.29, 0.717) is 11.7 Å². The van der Waals surface area contributed by atoms with E-state index in [0.717, 1.165) is 49.9 Å². The van der Waals surface area contributed by atoms with E-state index in [-0.39, 0.29) is 0 Å². The van der Waals surface area contributed by atoms with Crippen LogP contribution in [-0.4, -0.2) is 19.9 Å². The van der Waals surface area contributed by atoms with E-state index >= 15 is 0 Å². The average molecular weight is 337 g/mol. The molecule has 130 valence electrons. The van der Waals surface area contributed by atoms with Crippen LogP contribution in [0.5, 0.6) is 0 Å². The number of nitrogens with zero attached hydrogens (tertiary/aromatic N) is 4. The van der Waals surface area contributed by atoms with Crippen molar-refractivity contribution < 1.29 is 4.52 Å². The van der Waals surface area contributed by atoms with Crippen molar-refractivity contribution in [3.63, 3.8) is 0 Å². The van der Waals surface area contributed by atoms with Gasteiger partial charge in [0.05, 0.1) is 29.5 Å². The van der Waals surface area contributed by atoms with Gasteiger partial charge in [-0.2, -0.15) is 10.1 Å². The normalized spacial score (nSPS) is 16.4. The van der Waals surface area contributed by atoms with Crippen molar-refractivity contribution in [1.29, 1.82) is 0 Å². The summed E-state index contributed by atoms with van der Waals surface area (Å²) in [6.45, 7) is 2.84. The number of nitrogens with two attached hydrogens (primary N) is 1. The molecule has 0 radical (unpaired) electrons. The molecule has 2 aromatic heterocycles. The number of benzene rings is 1. The lowest BCUT2D eigenvalue weighted by atomic mass is 9.99. The summed E-state index contributed by atoms with van der Waals surface area (Å²) in [7, 11) is 0. The Bertz CT molecular complexity index is 846. The molecular formula is C19H23N5O. The quantitative estimate of drug-likeness (QED) is 0.772. The standard InChI is InChI=1S/C19H23N5O/c1-2-16-15(12-21-24(16)13-14-8-4-3-5-9-14)17-22-18(23-25-17)19(20)10-6-7-11-19/h3-5,8-9,12H,2,6-7,10-11,13,20H2,1H3. The van der Waals surface area contributed by atoms with Gasteiger partial charge in [-0.25, -0.2) is 0 Å². The summed E-state index contributed by atoms with van der Waals surface area (Å²) in [5.41, 5.74) is 9.22. The smallest absolute Gasteiger partial charge is 0.261 e. The average Bonchev–Trinajstić information content (AvgIpc) is 3.35. The highest BCUT2D eigenvalue weighted by atomic mass is 16.5. The highest BCUT2D eigenvalue weighted by Crippen LogP contribution is 2.35. The number of hydrogen-bond donors (Lipinski definition) is 1. The maximum atomic E-state index is 6.44. The van der Waals surface area contributed by atoms with E-state index in [4.69, 9.17) is 10.3 Å². The van der Waals surface area contributed by atoms with Crippen LogP contribution in [0.4, 0.5) is 0 Å². The molecule has 1 fully saturated rings. The number of rotatable bonds is 5. The van der Waals surface area contributed by atoms with Crippen molar-refractivity contribution in [2.45, 2.75) is 51.1 Å². The lowest BCUT2D eigenvalue weighted by Crippen LogP contribution is -2.34. The summed E-state index contributed by atoms with van der Waals surface area (Å²) in [4.78, 5) is 4.61. The molecule has 4 rings (SSSR count). The van der Waals surface area contributed by atoms with Crippen LogP contribution in [0.2, 0.25) is 0 Å². The van der Waals surface area contributed by atoms with E-state index in [1.807, 2.05) is 29.1 Å². The van der Waals surface area contributed by atoms with Crippen LogP contribution in [0.25, 0.3) is 11.5 Å². The number of aromatic nitrogens is 4. The monoisotopic (exact) mass is 337 g/mol. The van der Waals surface area contributed by atoms with Gasteiger partial charge in [-0.05, 0) is 24.8 Å². The molecule has 6 heteroatoms. The van der Waals surface area contributed by atoms with E-state index in [2.05, 4.69) is 34.3 Å². The summed E-state index contributed by atoms with van der Waals surface area (Å²) >= 11 is 0. The molecular weight excluding hydrogens is 314 g/mol. The molecule has 0 atom stereocenters. The summed E-state index contributed by atoms with van der Waals surface area (Å²) in [6, 6.07) is 10.3. The third-order valence-electron chi connectivity index (χ3n) is 5.06. The molecule has 6 nitrogen and oxygen atoms in total. The highest BCUT2D eigenvalue weighted by Gasteiger charge is 2.36. The molecule has 0 unspecified atom stereocenters. The minimum absolute atomic E-state index is 0.436. The second-order valence-corrected chi connectivity index (χ2v) is 6.79. The van der Waals surface area contributed by atoms with E-state index < -0.39 is 5.54 Å². The Morgan fingerprint density at radius 2 is 1.96 bits per heavy atom. The lowest BCUT2D eigenvalue weighted by molar-refractivity contribution is 0.372. The predicted molar refractivity (Wildman–Crippen MR) is 94.8 cm³/mol. The van der Waals surface area contributed by atoms with Gasteiger partial charge < -0.3 is 10.3 Å². The highest BCUT2D eigenvalue weighted by molar-refractivity contribution is 5.55. The van der Waals surface area contributed by atoms with Crippen molar-refractivity contribution in [1.82, 2.24) is 19.9 Å². The topological polar surface area (TPSA) is 82.8 Å². The minimum Gasteiger partial charge on any atom is -0.334 e. The van der Waals surface area contributed by atoms with Crippen LogP contribution in [-0.2, 0) is 18.5 Å². The first-order valence-corrected chi connectivity index (χ1v) is 8.91. The third kappa shape index (κ3) is 2.98. The molecule has 0 saturated heterocycles. The molecule has 2 N–H and O–H groups in total. The van der Waals surface area contributed by atoms with Gasteiger partial charge in [0.25, 0.3) is 5.89 Å². The lowest BCUT2D eigenvalue weighted by Gasteiger charge is -2.17. The van der Waals surface area contributed by atoms with Crippen LogP contribution in [0.1, 0.15) is 49.7 Å². The summed E-state index contributed by atoms with van der Waals surface area (Å²) in [6.07, 6.45) is 6.73. The molecule has 3 aromatic rings. The predicted octanol–water partition coefficient (Wildman–Crippen LogP) is 3.27. The second-order valence-electron chi connectivity index (χ2n) is 6.79. The third-order valence-corrected chi connectivity index (χ3v) is 5.06. The Balaban J connectivity index is 1.64. The summed E-state index contributed by atoms with van der Waals surface area (Å²) < 4.78 is 7.54. The molecule has 1 aliphatic rings. The Morgan fingerprint density at radius 3 is 2.68 bits per heavy atom. The molecule has 0 spiro atoms. The van der Waals surface area contributed by atoms with Gasteiger partial charge in [0.1, 0.15) is 0 Å². The fraction of sp³-hybridized carbons (Fsp3) is 0.421. The Labute approximate surface area is 147 Å². The Hall–Kier alpha value is -2.47. The Kier molecular flexibility index (Phi) is 4.13. The van der Waals surface area contributed by atoms with Gasteiger partial charge >= 0.3 is 0 Å². The van der Waals surface area contributed by atoms with Gasteiger partial charge in [0.15, 0.2) is 5.82 Å². The molecule has 2 heterocycles. The van der Waals surface area contributed by atoms with Gasteiger partial charge in [0, 0.05) is 0 Å². The van der Waals surface area contributed by atoms with Crippen LogP contribution in [0.15, 0.2) is 41.1 Å². The fourth-order valence-electron chi connectivity index (χ4n) is 3.62. The van der Waals surface area contributed by atoms with Crippen molar-refractivity contribution in [2.24, 2.45) is 5.73 Å². The van der Waals surface area contributed by atoms with Gasteiger partial charge in [0.2, 0.25) is 0 Å². The van der Waals surface area contributed by atoms with E-state index in [1.165, 1.54) is 5.56 Å². The van der Waals surface area contributed by atoms with E-state index in [9.17, 15) is 0 Å². The molecule has 0 aliphatic heterocycles. The van der Waals surface area contributed by atoms with Crippen LogP contribution in [0, 0.1) is 0 Å². The van der Waals surface area contributed by atoms with Crippen LogP contribution < -0.4 is 5.73 Å². The second kappa shape index (κ2) is 6.44. The Morgan fingerprint density at radius 1 is 1.20 bits per heavy atom. The van der Waals surface area contributed by atoms with Gasteiger partial charge in [-0.1, -0.05) is 55.3 Å². The maximum Gasteiger partial charge on any atom is 0.261 e. The molecule has 0 amide bonds. The molecule has 1 saturated carbocycles. The number of hydrogen-bond acceptors (Lipinski definition) is 5. The first kappa shape index (κ1) is 16.0. The van der Waals surface area contributed by atoms with Crippen molar-refractivity contribution in [2.75, 3.05) is 0 Å². The van der Waals surface area contributed by atoms with Crippen LogP contribution in [0.3, 0.4) is 0 Å². The minimum atomic E-state index is -0.436. The molecule has 1 aromatic carbocycles. The molecule has 25 heavy (non-hydrogen) atoms.